The van der Waals surface area contributed by atoms with E-state index < -0.39 is 0 Å². The van der Waals surface area contributed by atoms with Gasteiger partial charge < -0.3 is 10.6 Å². The fourth-order valence-corrected chi connectivity index (χ4v) is 2.57. The van der Waals surface area contributed by atoms with E-state index in [1.807, 2.05) is 42.5 Å². The normalized spacial score (nSPS) is 10.4. The molecule has 0 amide bonds. The minimum absolute atomic E-state index is 0.619. The van der Waals surface area contributed by atoms with Crippen LogP contribution in [0.3, 0.4) is 0 Å². The molecule has 2 N–H and O–H groups in total. The van der Waals surface area contributed by atoms with Crippen LogP contribution in [0.4, 0.5) is 11.6 Å². The second-order valence-electron chi connectivity index (χ2n) is 5.51. The zero-order valence-electron chi connectivity index (χ0n) is 13.5. The maximum Gasteiger partial charge on any atom is 0.131 e. The van der Waals surface area contributed by atoms with Crippen molar-refractivity contribution in [1.29, 1.82) is 0 Å². The van der Waals surface area contributed by atoms with Gasteiger partial charge in [0.2, 0.25) is 0 Å². The van der Waals surface area contributed by atoms with Crippen molar-refractivity contribution in [2.75, 3.05) is 10.6 Å². The van der Waals surface area contributed by atoms with Crippen LogP contribution in [-0.4, -0.2) is 9.97 Å². The minimum atomic E-state index is 0.619. The number of hydrogen-bond donors (Lipinski definition) is 2. The molecule has 4 nitrogen and oxygen atoms in total. The van der Waals surface area contributed by atoms with Crippen LogP contribution in [-0.2, 0) is 13.1 Å². The van der Waals surface area contributed by atoms with Crippen molar-refractivity contribution in [3.63, 3.8) is 0 Å². The highest BCUT2D eigenvalue weighted by molar-refractivity contribution is 6.31. The van der Waals surface area contributed by atoms with E-state index in [1.165, 1.54) is 11.1 Å². The molecule has 2 aromatic carbocycles. The quantitative estimate of drug-likeness (QED) is 0.686. The molecule has 0 saturated heterocycles. The van der Waals surface area contributed by atoms with E-state index in [1.54, 1.807) is 6.33 Å². The van der Waals surface area contributed by atoms with Crippen molar-refractivity contribution in [3.05, 3.63) is 82.6 Å². The molecule has 5 heteroatoms. The Bertz CT molecular complexity index is 755. The Kier molecular flexibility index (Phi) is 5.29. The third kappa shape index (κ3) is 4.24. The minimum Gasteiger partial charge on any atom is -0.366 e. The van der Waals surface area contributed by atoms with Gasteiger partial charge in [0.1, 0.15) is 18.0 Å². The van der Waals surface area contributed by atoms with E-state index in [0.29, 0.717) is 6.54 Å². The lowest BCUT2D eigenvalue weighted by molar-refractivity contribution is 1.05. The predicted molar refractivity (Wildman–Crippen MR) is 99.3 cm³/mol. The molecule has 0 unspecified atom stereocenters. The molecule has 122 valence electrons. The van der Waals surface area contributed by atoms with Gasteiger partial charge in [0.05, 0.1) is 0 Å². The van der Waals surface area contributed by atoms with Crippen molar-refractivity contribution >= 4 is 23.2 Å². The summed E-state index contributed by atoms with van der Waals surface area (Å²) in [7, 11) is 0. The molecule has 0 saturated carbocycles. The largest absolute Gasteiger partial charge is 0.366 e. The van der Waals surface area contributed by atoms with Gasteiger partial charge in [-0.3, -0.25) is 0 Å². The molecule has 24 heavy (non-hydrogen) atoms. The number of hydrogen-bond acceptors (Lipinski definition) is 4. The molecule has 0 spiro atoms. The lowest BCUT2D eigenvalue weighted by Gasteiger charge is -2.10. The second kappa shape index (κ2) is 7.79. The van der Waals surface area contributed by atoms with Gasteiger partial charge in [0.25, 0.3) is 0 Å². The SMILES string of the molecule is Cc1ccccc1CNc1cc(NCc2ccccc2Cl)ncn1. The summed E-state index contributed by atoms with van der Waals surface area (Å²) in [6.45, 7) is 3.45. The van der Waals surface area contributed by atoms with Crippen LogP contribution in [0.1, 0.15) is 16.7 Å². The summed E-state index contributed by atoms with van der Waals surface area (Å²) in [5.74, 6) is 1.55. The Morgan fingerprint density at radius 1 is 0.833 bits per heavy atom. The van der Waals surface area contributed by atoms with Crippen molar-refractivity contribution in [2.24, 2.45) is 0 Å². The van der Waals surface area contributed by atoms with E-state index in [9.17, 15) is 0 Å². The number of nitrogens with zero attached hydrogens (tertiary/aromatic N) is 2. The Hall–Kier alpha value is -2.59. The zero-order valence-corrected chi connectivity index (χ0v) is 14.2. The third-order valence-corrected chi connectivity index (χ3v) is 4.17. The first kappa shape index (κ1) is 16.3. The number of aryl methyl sites for hydroxylation is 1. The van der Waals surface area contributed by atoms with E-state index >= 15 is 0 Å². The summed E-state index contributed by atoms with van der Waals surface area (Å²) in [5.41, 5.74) is 3.55. The number of benzene rings is 2. The first-order chi connectivity index (χ1) is 11.7. The van der Waals surface area contributed by atoms with Gasteiger partial charge in [-0.05, 0) is 29.7 Å². The van der Waals surface area contributed by atoms with Gasteiger partial charge in [-0.2, -0.15) is 0 Å². The average Bonchev–Trinajstić information content (AvgIpc) is 2.61. The first-order valence-electron chi connectivity index (χ1n) is 7.80. The first-order valence-corrected chi connectivity index (χ1v) is 8.18. The van der Waals surface area contributed by atoms with Gasteiger partial charge in [-0.25, -0.2) is 9.97 Å². The van der Waals surface area contributed by atoms with Crippen LogP contribution in [0.15, 0.2) is 60.9 Å². The Labute approximate surface area is 146 Å². The smallest absolute Gasteiger partial charge is 0.131 e. The molecular formula is C19H19ClN4. The lowest BCUT2D eigenvalue weighted by atomic mass is 10.1. The summed E-state index contributed by atoms with van der Waals surface area (Å²) >= 11 is 6.17. The number of aromatic nitrogens is 2. The molecule has 0 aliphatic carbocycles. The molecule has 0 radical (unpaired) electrons. The summed E-state index contributed by atoms with van der Waals surface area (Å²) in [6, 6.07) is 18.0. The lowest BCUT2D eigenvalue weighted by Crippen LogP contribution is -2.06. The number of rotatable bonds is 6. The highest BCUT2D eigenvalue weighted by Crippen LogP contribution is 2.17. The molecule has 0 atom stereocenters. The van der Waals surface area contributed by atoms with Gasteiger partial charge in [0, 0.05) is 24.2 Å². The maximum absolute atomic E-state index is 6.17. The third-order valence-electron chi connectivity index (χ3n) is 3.81. The summed E-state index contributed by atoms with van der Waals surface area (Å²) in [5, 5.41) is 7.36. The maximum atomic E-state index is 6.17. The van der Waals surface area contributed by atoms with E-state index in [2.05, 4.69) is 39.7 Å². The molecule has 0 fully saturated rings. The van der Waals surface area contributed by atoms with Crippen molar-refractivity contribution in [1.82, 2.24) is 9.97 Å². The molecule has 1 heterocycles. The Morgan fingerprint density at radius 2 is 1.42 bits per heavy atom. The van der Waals surface area contributed by atoms with Crippen molar-refractivity contribution in [2.45, 2.75) is 20.0 Å². The van der Waals surface area contributed by atoms with Crippen LogP contribution >= 0.6 is 11.6 Å². The molecule has 1 aromatic heterocycles. The van der Waals surface area contributed by atoms with Crippen LogP contribution in [0.2, 0.25) is 5.02 Å². The zero-order chi connectivity index (χ0) is 16.8. The highest BCUT2D eigenvalue weighted by Gasteiger charge is 2.02. The van der Waals surface area contributed by atoms with Crippen LogP contribution in [0.25, 0.3) is 0 Å². The van der Waals surface area contributed by atoms with Crippen LogP contribution in [0.5, 0.6) is 0 Å². The van der Waals surface area contributed by atoms with Crippen molar-refractivity contribution in [3.8, 4) is 0 Å². The van der Waals surface area contributed by atoms with Gasteiger partial charge in [0.15, 0.2) is 0 Å². The van der Waals surface area contributed by atoms with Gasteiger partial charge >= 0.3 is 0 Å². The molecule has 3 rings (SSSR count). The number of halogens is 1. The number of anilines is 2. The number of nitrogens with one attached hydrogen (secondary N) is 2. The predicted octanol–water partition coefficient (Wildman–Crippen LogP) is 4.66. The van der Waals surface area contributed by atoms with E-state index in [4.69, 9.17) is 11.6 Å². The molecule has 0 aliphatic rings. The standard InChI is InChI=1S/C19H19ClN4/c1-14-6-2-3-7-15(14)11-21-18-10-19(24-13-23-18)22-12-16-8-4-5-9-17(16)20/h2-10,13H,11-12H2,1H3,(H2,21,22,23,24). The molecule has 0 aliphatic heterocycles. The topological polar surface area (TPSA) is 49.8 Å². The molecule has 0 bridgehead atoms. The monoisotopic (exact) mass is 338 g/mol. The summed E-state index contributed by atoms with van der Waals surface area (Å²) < 4.78 is 0. The van der Waals surface area contributed by atoms with Gasteiger partial charge in [-0.1, -0.05) is 54.1 Å². The summed E-state index contributed by atoms with van der Waals surface area (Å²) in [6.07, 6.45) is 1.55. The molecule has 3 aromatic rings. The van der Waals surface area contributed by atoms with E-state index in [0.717, 1.165) is 28.8 Å². The Balaban J connectivity index is 1.62. The average molecular weight is 339 g/mol. The van der Waals surface area contributed by atoms with Crippen LogP contribution < -0.4 is 10.6 Å². The molecular weight excluding hydrogens is 320 g/mol. The fraction of sp³-hybridized carbons (Fsp3) is 0.158. The fourth-order valence-electron chi connectivity index (χ4n) is 2.37. The van der Waals surface area contributed by atoms with Gasteiger partial charge in [-0.15, -0.1) is 0 Å². The van der Waals surface area contributed by atoms with E-state index in [-0.39, 0.29) is 0 Å². The second-order valence-corrected chi connectivity index (χ2v) is 5.92. The Morgan fingerprint density at radius 3 is 2.08 bits per heavy atom. The highest BCUT2D eigenvalue weighted by atomic mass is 35.5. The van der Waals surface area contributed by atoms with Crippen LogP contribution in [0, 0.1) is 6.92 Å². The van der Waals surface area contributed by atoms with Crippen molar-refractivity contribution < 1.29 is 0 Å². The summed E-state index contributed by atoms with van der Waals surface area (Å²) in [4.78, 5) is 8.52.